The van der Waals surface area contributed by atoms with E-state index >= 15 is 0 Å². The smallest absolute Gasteiger partial charge is 0.256 e. The van der Waals surface area contributed by atoms with Crippen molar-refractivity contribution >= 4 is 23.3 Å². The number of anilines is 2. The molecular weight excluding hydrogens is 320 g/mol. The fourth-order valence-electron chi connectivity index (χ4n) is 2.83. The van der Waals surface area contributed by atoms with Crippen molar-refractivity contribution in [2.75, 3.05) is 23.8 Å². The molecule has 3 rings (SSSR count). The van der Waals surface area contributed by atoms with Gasteiger partial charge in [-0.3, -0.25) is 9.59 Å². The number of rotatable bonds is 5. The third-order valence-corrected chi connectivity index (χ3v) is 4.22. The minimum Gasteiger partial charge on any atom is -0.381 e. The monoisotopic (exact) mass is 342 g/mol. The van der Waals surface area contributed by atoms with Crippen molar-refractivity contribution in [2.24, 2.45) is 5.92 Å². The van der Waals surface area contributed by atoms with Crippen LogP contribution in [0.1, 0.15) is 29.3 Å². The number of nitrogens with one attached hydrogen (secondary N) is 2. The zero-order valence-corrected chi connectivity index (χ0v) is 14.4. The van der Waals surface area contributed by atoms with Gasteiger partial charge in [0.25, 0.3) is 5.91 Å². The summed E-state index contributed by atoms with van der Waals surface area (Å²) in [6, 6.07) is 7.00. The SMILES string of the molecule is CC(=O)Nc1cc(C(=O)Nc2ccnn2CC2CCOC2)ccc1C. The highest BCUT2D eigenvalue weighted by atomic mass is 16.5. The molecule has 0 saturated carbocycles. The number of aryl methyl sites for hydroxylation is 1. The van der Waals surface area contributed by atoms with E-state index in [1.54, 1.807) is 29.1 Å². The Balaban J connectivity index is 1.72. The number of ether oxygens (including phenoxy) is 1. The lowest BCUT2D eigenvalue weighted by Crippen LogP contribution is -2.19. The van der Waals surface area contributed by atoms with Crippen molar-refractivity contribution in [3.63, 3.8) is 0 Å². The van der Waals surface area contributed by atoms with E-state index < -0.39 is 0 Å². The number of benzene rings is 1. The van der Waals surface area contributed by atoms with E-state index in [9.17, 15) is 9.59 Å². The molecule has 2 amide bonds. The third kappa shape index (κ3) is 4.24. The van der Waals surface area contributed by atoms with E-state index in [0.29, 0.717) is 29.5 Å². The fourth-order valence-corrected chi connectivity index (χ4v) is 2.83. The molecule has 2 aromatic rings. The molecule has 2 heterocycles. The topological polar surface area (TPSA) is 85.3 Å². The standard InChI is InChI=1S/C18H22N4O3/c1-12-3-4-15(9-16(12)20-13(2)23)18(24)21-17-5-7-19-22(17)10-14-6-8-25-11-14/h3-5,7,9,14H,6,8,10-11H2,1-2H3,(H,20,23)(H,21,24). The Kier molecular flexibility index (Phi) is 5.14. The highest BCUT2D eigenvalue weighted by Gasteiger charge is 2.18. The average Bonchev–Trinajstić information content (AvgIpc) is 3.22. The van der Waals surface area contributed by atoms with Gasteiger partial charge in [-0.25, -0.2) is 4.68 Å². The summed E-state index contributed by atoms with van der Waals surface area (Å²) < 4.78 is 7.18. The molecule has 1 aliphatic rings. The zero-order chi connectivity index (χ0) is 17.8. The number of hydrogen-bond acceptors (Lipinski definition) is 4. The van der Waals surface area contributed by atoms with Crippen LogP contribution in [0.5, 0.6) is 0 Å². The van der Waals surface area contributed by atoms with Gasteiger partial charge in [-0.2, -0.15) is 5.10 Å². The summed E-state index contributed by atoms with van der Waals surface area (Å²) in [4.78, 5) is 23.8. The lowest BCUT2D eigenvalue weighted by atomic mass is 10.1. The van der Waals surface area contributed by atoms with Crippen LogP contribution in [0.4, 0.5) is 11.5 Å². The third-order valence-electron chi connectivity index (χ3n) is 4.22. The second-order valence-electron chi connectivity index (χ2n) is 6.29. The van der Waals surface area contributed by atoms with Gasteiger partial charge in [-0.05, 0) is 31.0 Å². The highest BCUT2D eigenvalue weighted by Crippen LogP contribution is 2.20. The molecule has 1 saturated heterocycles. The zero-order valence-electron chi connectivity index (χ0n) is 14.4. The summed E-state index contributed by atoms with van der Waals surface area (Å²) in [5.41, 5.74) is 2.01. The Labute approximate surface area is 146 Å². The van der Waals surface area contributed by atoms with Crippen LogP contribution in [0.2, 0.25) is 0 Å². The van der Waals surface area contributed by atoms with Crippen molar-refractivity contribution in [2.45, 2.75) is 26.8 Å². The van der Waals surface area contributed by atoms with Gasteiger partial charge in [0.05, 0.1) is 12.8 Å². The van der Waals surface area contributed by atoms with Gasteiger partial charge in [-0.1, -0.05) is 6.07 Å². The minimum absolute atomic E-state index is 0.169. The molecule has 0 spiro atoms. The van der Waals surface area contributed by atoms with Crippen molar-refractivity contribution in [3.05, 3.63) is 41.6 Å². The summed E-state index contributed by atoms with van der Waals surface area (Å²) in [7, 11) is 0. The molecule has 0 aliphatic carbocycles. The largest absolute Gasteiger partial charge is 0.381 e. The predicted molar refractivity (Wildman–Crippen MR) is 94.6 cm³/mol. The van der Waals surface area contributed by atoms with Crippen molar-refractivity contribution < 1.29 is 14.3 Å². The molecule has 0 radical (unpaired) electrons. The second-order valence-corrected chi connectivity index (χ2v) is 6.29. The van der Waals surface area contributed by atoms with E-state index in [0.717, 1.165) is 25.2 Å². The van der Waals surface area contributed by atoms with Gasteiger partial charge in [0.1, 0.15) is 5.82 Å². The van der Waals surface area contributed by atoms with E-state index in [2.05, 4.69) is 15.7 Å². The Hall–Kier alpha value is -2.67. The number of hydrogen-bond donors (Lipinski definition) is 2. The van der Waals surface area contributed by atoms with E-state index in [-0.39, 0.29) is 11.8 Å². The van der Waals surface area contributed by atoms with Crippen molar-refractivity contribution in [3.8, 4) is 0 Å². The van der Waals surface area contributed by atoms with Crippen LogP contribution in [0.25, 0.3) is 0 Å². The van der Waals surface area contributed by atoms with Crippen LogP contribution in [0.3, 0.4) is 0 Å². The van der Waals surface area contributed by atoms with Gasteiger partial charge < -0.3 is 15.4 Å². The van der Waals surface area contributed by atoms with Gasteiger partial charge in [-0.15, -0.1) is 0 Å². The van der Waals surface area contributed by atoms with Crippen LogP contribution >= 0.6 is 0 Å². The molecule has 2 N–H and O–H groups in total. The number of amides is 2. The molecule has 1 fully saturated rings. The molecule has 1 atom stereocenters. The van der Waals surface area contributed by atoms with Crippen LogP contribution in [0.15, 0.2) is 30.5 Å². The maximum Gasteiger partial charge on any atom is 0.256 e. The Bertz CT molecular complexity index is 778. The number of aromatic nitrogens is 2. The summed E-state index contributed by atoms with van der Waals surface area (Å²) in [6.07, 6.45) is 2.68. The maximum atomic E-state index is 12.6. The summed E-state index contributed by atoms with van der Waals surface area (Å²) in [5, 5.41) is 9.91. The maximum absolute atomic E-state index is 12.6. The summed E-state index contributed by atoms with van der Waals surface area (Å²) in [5.74, 6) is 0.661. The molecule has 25 heavy (non-hydrogen) atoms. The number of carbonyl (C=O) groups excluding carboxylic acids is 2. The van der Waals surface area contributed by atoms with Gasteiger partial charge in [0.2, 0.25) is 5.91 Å². The number of nitrogens with zero attached hydrogens (tertiary/aromatic N) is 2. The van der Waals surface area contributed by atoms with Crippen LogP contribution in [-0.2, 0) is 16.1 Å². The van der Waals surface area contributed by atoms with E-state index in [4.69, 9.17) is 4.74 Å². The van der Waals surface area contributed by atoms with Gasteiger partial charge in [0.15, 0.2) is 0 Å². The van der Waals surface area contributed by atoms with Crippen LogP contribution < -0.4 is 10.6 Å². The summed E-state index contributed by atoms with van der Waals surface area (Å²) >= 11 is 0. The molecule has 132 valence electrons. The average molecular weight is 342 g/mol. The quantitative estimate of drug-likeness (QED) is 0.874. The van der Waals surface area contributed by atoms with Gasteiger partial charge in [0, 0.05) is 43.3 Å². The summed E-state index contributed by atoms with van der Waals surface area (Å²) in [6.45, 7) is 5.55. The molecule has 7 heteroatoms. The molecule has 1 aliphatic heterocycles. The Morgan fingerprint density at radius 2 is 2.16 bits per heavy atom. The number of carbonyl (C=O) groups is 2. The highest BCUT2D eigenvalue weighted by molar-refractivity contribution is 6.05. The molecule has 0 bridgehead atoms. The molecule has 1 aromatic heterocycles. The first-order chi connectivity index (χ1) is 12.0. The first-order valence-electron chi connectivity index (χ1n) is 8.32. The lowest BCUT2D eigenvalue weighted by Gasteiger charge is -2.13. The Morgan fingerprint density at radius 3 is 2.88 bits per heavy atom. The van der Waals surface area contributed by atoms with Crippen LogP contribution in [-0.4, -0.2) is 34.8 Å². The van der Waals surface area contributed by atoms with E-state index in [1.807, 2.05) is 13.0 Å². The van der Waals surface area contributed by atoms with Gasteiger partial charge >= 0.3 is 0 Å². The first-order valence-corrected chi connectivity index (χ1v) is 8.32. The lowest BCUT2D eigenvalue weighted by molar-refractivity contribution is -0.114. The predicted octanol–water partition coefficient (Wildman–Crippen LogP) is 2.44. The van der Waals surface area contributed by atoms with Crippen molar-refractivity contribution in [1.82, 2.24) is 9.78 Å². The molecular formula is C18H22N4O3. The molecule has 1 aromatic carbocycles. The normalized spacial score (nSPS) is 16.6. The van der Waals surface area contributed by atoms with Crippen molar-refractivity contribution in [1.29, 1.82) is 0 Å². The minimum atomic E-state index is -0.240. The molecule has 7 nitrogen and oxygen atoms in total. The Morgan fingerprint density at radius 1 is 1.32 bits per heavy atom. The second kappa shape index (κ2) is 7.48. The first kappa shape index (κ1) is 17.2. The molecule has 1 unspecified atom stereocenters. The van der Waals surface area contributed by atoms with E-state index in [1.165, 1.54) is 6.92 Å². The van der Waals surface area contributed by atoms with Crippen LogP contribution in [0, 0.1) is 12.8 Å². The fraction of sp³-hybridized carbons (Fsp3) is 0.389.